The molecule has 6 nitrogen and oxygen atoms in total. The number of carbonyl (C=O) groups excluding carboxylic acids is 2. The van der Waals surface area contributed by atoms with E-state index in [1.54, 1.807) is 4.90 Å². The number of amides is 2. The van der Waals surface area contributed by atoms with Crippen molar-refractivity contribution < 1.29 is 14.3 Å². The Bertz CT molecular complexity index is 278. The third kappa shape index (κ3) is 2.93. The predicted molar refractivity (Wildman–Crippen MR) is 58.7 cm³/mol. The van der Waals surface area contributed by atoms with E-state index in [1.807, 2.05) is 13.8 Å². The summed E-state index contributed by atoms with van der Waals surface area (Å²) in [5, 5.41) is 2.47. The summed E-state index contributed by atoms with van der Waals surface area (Å²) in [4.78, 5) is 24.9. The maximum atomic E-state index is 11.8. The zero-order valence-electron chi connectivity index (χ0n) is 9.78. The molecule has 0 atom stereocenters. The topological polar surface area (TPSA) is 84.7 Å². The summed E-state index contributed by atoms with van der Waals surface area (Å²) in [5.41, 5.74) is 4.81. The number of rotatable bonds is 2. The summed E-state index contributed by atoms with van der Waals surface area (Å²) in [7, 11) is 0. The summed E-state index contributed by atoms with van der Waals surface area (Å²) >= 11 is 0. The van der Waals surface area contributed by atoms with Crippen molar-refractivity contribution in [3.63, 3.8) is 0 Å². The first kappa shape index (κ1) is 12.9. The lowest BCUT2D eigenvalue weighted by Gasteiger charge is -2.41. The lowest BCUT2D eigenvalue weighted by atomic mass is 10.0. The lowest BCUT2D eigenvalue weighted by molar-refractivity contribution is -0.156. The van der Waals surface area contributed by atoms with E-state index in [1.165, 1.54) is 0 Å². The fourth-order valence-corrected chi connectivity index (χ4v) is 1.62. The van der Waals surface area contributed by atoms with Crippen LogP contribution in [0.4, 0.5) is 0 Å². The monoisotopic (exact) mass is 229 g/mol. The van der Waals surface area contributed by atoms with Gasteiger partial charge in [0.05, 0.1) is 18.8 Å². The molecule has 1 fully saturated rings. The van der Waals surface area contributed by atoms with E-state index in [-0.39, 0.29) is 0 Å². The first-order valence-electron chi connectivity index (χ1n) is 5.36. The van der Waals surface area contributed by atoms with Gasteiger partial charge in [-0.1, -0.05) is 0 Å². The Morgan fingerprint density at radius 3 is 2.75 bits per heavy atom. The number of nitrogens with one attached hydrogen (secondary N) is 1. The van der Waals surface area contributed by atoms with Crippen molar-refractivity contribution in [1.82, 2.24) is 10.2 Å². The van der Waals surface area contributed by atoms with Crippen LogP contribution in [-0.2, 0) is 14.3 Å². The molecule has 1 heterocycles. The second kappa shape index (κ2) is 5.27. The minimum atomic E-state index is -0.597. The molecule has 1 rings (SSSR count). The minimum Gasteiger partial charge on any atom is -0.377 e. The highest BCUT2D eigenvalue weighted by Gasteiger charge is 2.36. The molecule has 0 aromatic heterocycles. The molecule has 16 heavy (non-hydrogen) atoms. The normalized spacial score (nSPS) is 19.3. The van der Waals surface area contributed by atoms with Gasteiger partial charge in [0.1, 0.15) is 0 Å². The molecule has 0 aromatic carbocycles. The van der Waals surface area contributed by atoms with Crippen molar-refractivity contribution in [2.75, 3.05) is 32.8 Å². The van der Waals surface area contributed by atoms with Crippen LogP contribution in [0.5, 0.6) is 0 Å². The largest absolute Gasteiger partial charge is 0.377 e. The minimum absolute atomic E-state index is 0.315. The van der Waals surface area contributed by atoms with Crippen LogP contribution < -0.4 is 11.1 Å². The summed E-state index contributed by atoms with van der Waals surface area (Å²) in [6.45, 7) is 5.76. The Morgan fingerprint density at radius 1 is 1.50 bits per heavy atom. The molecule has 0 saturated carbocycles. The number of ether oxygens (including phenoxy) is 1. The number of morpholine rings is 1. The van der Waals surface area contributed by atoms with Crippen molar-refractivity contribution >= 4 is 11.8 Å². The average Bonchev–Trinajstić information content (AvgIpc) is 2.24. The van der Waals surface area contributed by atoms with Crippen LogP contribution >= 0.6 is 0 Å². The molecule has 0 radical (unpaired) electrons. The van der Waals surface area contributed by atoms with Crippen LogP contribution in [-0.4, -0.2) is 55.1 Å². The van der Waals surface area contributed by atoms with Crippen LogP contribution in [0.25, 0.3) is 0 Å². The summed E-state index contributed by atoms with van der Waals surface area (Å²) in [6.07, 6.45) is 0. The first-order chi connectivity index (χ1) is 7.49. The van der Waals surface area contributed by atoms with Crippen molar-refractivity contribution in [3.05, 3.63) is 0 Å². The van der Waals surface area contributed by atoms with E-state index < -0.39 is 17.4 Å². The van der Waals surface area contributed by atoms with Crippen LogP contribution in [0.1, 0.15) is 13.8 Å². The number of nitrogens with zero attached hydrogens (tertiary/aromatic N) is 1. The van der Waals surface area contributed by atoms with E-state index in [0.717, 1.165) is 0 Å². The van der Waals surface area contributed by atoms with Gasteiger partial charge in [0.2, 0.25) is 0 Å². The van der Waals surface area contributed by atoms with Crippen molar-refractivity contribution in [1.29, 1.82) is 0 Å². The van der Waals surface area contributed by atoms with Gasteiger partial charge < -0.3 is 20.7 Å². The summed E-state index contributed by atoms with van der Waals surface area (Å²) < 4.78 is 5.28. The van der Waals surface area contributed by atoms with E-state index in [0.29, 0.717) is 32.8 Å². The number of nitrogens with two attached hydrogens (primary N) is 1. The Balaban J connectivity index is 2.61. The molecule has 0 bridgehead atoms. The molecule has 0 aromatic rings. The Labute approximate surface area is 95.1 Å². The van der Waals surface area contributed by atoms with Crippen LogP contribution in [0.2, 0.25) is 0 Å². The van der Waals surface area contributed by atoms with E-state index in [9.17, 15) is 9.59 Å². The number of hydrogen-bond acceptors (Lipinski definition) is 4. The maximum absolute atomic E-state index is 11.8. The second-order valence-corrected chi connectivity index (χ2v) is 4.37. The lowest BCUT2D eigenvalue weighted by Crippen LogP contribution is -2.59. The molecule has 1 aliphatic rings. The summed E-state index contributed by atoms with van der Waals surface area (Å²) in [6, 6.07) is 0. The molecule has 6 heteroatoms. The molecule has 0 aliphatic carbocycles. The maximum Gasteiger partial charge on any atom is 0.312 e. The van der Waals surface area contributed by atoms with Crippen LogP contribution in [0.15, 0.2) is 0 Å². The highest BCUT2D eigenvalue weighted by atomic mass is 16.5. The zero-order chi connectivity index (χ0) is 12.2. The van der Waals surface area contributed by atoms with Crippen molar-refractivity contribution in [2.24, 2.45) is 5.73 Å². The van der Waals surface area contributed by atoms with Gasteiger partial charge in [-0.15, -0.1) is 0 Å². The molecular formula is C10H19N3O3. The standard InChI is InChI=1S/C10H19N3O3/c1-10(2)7-16-6-5-13(10)9(15)8(14)12-4-3-11/h3-7,11H2,1-2H3,(H,12,14). The third-order valence-corrected chi connectivity index (χ3v) is 2.51. The van der Waals surface area contributed by atoms with Crippen LogP contribution in [0, 0.1) is 0 Å². The van der Waals surface area contributed by atoms with E-state index in [2.05, 4.69) is 5.32 Å². The molecule has 0 unspecified atom stereocenters. The first-order valence-corrected chi connectivity index (χ1v) is 5.36. The number of hydrogen-bond donors (Lipinski definition) is 2. The zero-order valence-corrected chi connectivity index (χ0v) is 9.78. The molecule has 1 aliphatic heterocycles. The Hall–Kier alpha value is -1.14. The summed E-state index contributed by atoms with van der Waals surface area (Å²) in [5.74, 6) is -1.11. The Morgan fingerprint density at radius 2 is 2.19 bits per heavy atom. The van der Waals surface area contributed by atoms with Gasteiger partial charge in [-0.3, -0.25) is 9.59 Å². The smallest absolute Gasteiger partial charge is 0.312 e. The molecule has 0 spiro atoms. The van der Waals surface area contributed by atoms with Gasteiger partial charge in [0, 0.05) is 19.6 Å². The highest BCUT2D eigenvalue weighted by molar-refractivity contribution is 6.35. The Kier molecular flexibility index (Phi) is 4.26. The quantitative estimate of drug-likeness (QED) is 0.576. The molecule has 1 saturated heterocycles. The van der Waals surface area contributed by atoms with Crippen molar-refractivity contribution in [3.8, 4) is 0 Å². The van der Waals surface area contributed by atoms with Crippen LogP contribution in [0.3, 0.4) is 0 Å². The molecule has 2 amide bonds. The number of carbonyl (C=O) groups is 2. The van der Waals surface area contributed by atoms with Gasteiger partial charge in [-0.05, 0) is 13.8 Å². The molecule has 3 N–H and O–H groups in total. The average molecular weight is 229 g/mol. The fourth-order valence-electron chi connectivity index (χ4n) is 1.62. The predicted octanol–water partition coefficient (Wildman–Crippen LogP) is -1.30. The second-order valence-electron chi connectivity index (χ2n) is 4.37. The third-order valence-electron chi connectivity index (χ3n) is 2.51. The van der Waals surface area contributed by atoms with Gasteiger partial charge >= 0.3 is 11.8 Å². The SMILES string of the molecule is CC1(C)COCCN1C(=O)C(=O)NCCN. The van der Waals surface area contributed by atoms with Gasteiger partial charge in [0.15, 0.2) is 0 Å². The van der Waals surface area contributed by atoms with E-state index in [4.69, 9.17) is 10.5 Å². The van der Waals surface area contributed by atoms with Gasteiger partial charge in [-0.25, -0.2) is 0 Å². The van der Waals surface area contributed by atoms with Gasteiger partial charge in [-0.2, -0.15) is 0 Å². The fraction of sp³-hybridized carbons (Fsp3) is 0.800. The van der Waals surface area contributed by atoms with Crippen molar-refractivity contribution in [2.45, 2.75) is 19.4 Å². The molecular weight excluding hydrogens is 210 g/mol. The highest BCUT2D eigenvalue weighted by Crippen LogP contribution is 2.18. The van der Waals surface area contributed by atoms with Gasteiger partial charge in [0.25, 0.3) is 0 Å². The van der Waals surface area contributed by atoms with E-state index >= 15 is 0 Å². The molecule has 92 valence electrons.